The number of nitrogens with zero attached hydrogens (tertiary/aromatic N) is 2. The van der Waals surface area contributed by atoms with Crippen LogP contribution in [0.1, 0.15) is 18.6 Å². The topological polar surface area (TPSA) is 117 Å². The Morgan fingerprint density at radius 2 is 2.10 bits per heavy atom. The number of aryl methyl sites for hydroxylation is 1. The molecule has 0 saturated carbocycles. The maximum absolute atomic E-state index is 12.7. The summed E-state index contributed by atoms with van der Waals surface area (Å²) in [5, 5.41) is 4.31. The van der Waals surface area contributed by atoms with Crippen molar-refractivity contribution in [3.63, 3.8) is 0 Å². The van der Waals surface area contributed by atoms with Crippen molar-refractivity contribution in [3.05, 3.63) is 41.1 Å². The number of hydrogen-bond acceptors (Lipinski definition) is 7. The maximum atomic E-state index is 12.7. The van der Waals surface area contributed by atoms with Crippen LogP contribution < -0.4 is 15.2 Å². The van der Waals surface area contributed by atoms with Crippen LogP contribution in [0, 0.1) is 0 Å². The van der Waals surface area contributed by atoms with Gasteiger partial charge in [-0.1, -0.05) is 11.6 Å². The molecule has 1 aromatic carbocycles. The Morgan fingerprint density at radius 3 is 2.77 bits per heavy atom. The third-order valence-corrected chi connectivity index (χ3v) is 5.00. The first-order chi connectivity index (χ1) is 14.4. The van der Waals surface area contributed by atoms with Crippen LogP contribution in [0.2, 0.25) is 5.02 Å². The molecular formula is C20H24ClN3O6. The summed E-state index contributed by atoms with van der Waals surface area (Å²) in [6.45, 7) is 0.960. The number of aromatic nitrogens is 1. The Balaban J connectivity index is 1.62. The van der Waals surface area contributed by atoms with Crippen molar-refractivity contribution in [1.29, 1.82) is 0 Å². The van der Waals surface area contributed by atoms with Gasteiger partial charge in [-0.15, -0.1) is 0 Å². The SMILES string of the molecule is COc1cc(CCC(=O)N2CCO[C@](COc3ccc(Cl)cc3)(CC(N)=O)C2)on1. The van der Waals surface area contributed by atoms with Gasteiger partial charge in [0.15, 0.2) is 0 Å². The zero-order chi connectivity index (χ0) is 21.6. The molecular weight excluding hydrogens is 414 g/mol. The van der Waals surface area contributed by atoms with Crippen LogP contribution in [0.25, 0.3) is 0 Å². The van der Waals surface area contributed by atoms with E-state index < -0.39 is 11.5 Å². The number of halogens is 1. The third-order valence-electron chi connectivity index (χ3n) is 4.74. The summed E-state index contributed by atoms with van der Waals surface area (Å²) < 4.78 is 21.8. The molecule has 30 heavy (non-hydrogen) atoms. The molecule has 2 amide bonds. The Bertz CT molecular complexity index is 872. The molecule has 2 aromatic rings. The molecule has 1 aliphatic rings. The van der Waals surface area contributed by atoms with E-state index in [0.29, 0.717) is 35.4 Å². The molecule has 0 aliphatic carbocycles. The van der Waals surface area contributed by atoms with Crippen molar-refractivity contribution < 1.29 is 28.3 Å². The predicted molar refractivity (Wildman–Crippen MR) is 107 cm³/mol. The van der Waals surface area contributed by atoms with Gasteiger partial charge in [0.05, 0.1) is 26.7 Å². The van der Waals surface area contributed by atoms with E-state index in [1.165, 1.54) is 7.11 Å². The fourth-order valence-electron chi connectivity index (χ4n) is 3.26. The Labute approximate surface area is 179 Å². The first kappa shape index (κ1) is 21.9. The van der Waals surface area contributed by atoms with Crippen molar-refractivity contribution in [3.8, 4) is 11.6 Å². The van der Waals surface area contributed by atoms with Crippen LogP contribution in [-0.2, 0) is 20.7 Å². The van der Waals surface area contributed by atoms with E-state index in [4.69, 9.17) is 36.1 Å². The van der Waals surface area contributed by atoms with Gasteiger partial charge >= 0.3 is 0 Å². The second-order valence-corrected chi connectivity index (χ2v) is 7.50. The number of ether oxygens (including phenoxy) is 3. The van der Waals surface area contributed by atoms with E-state index in [-0.39, 0.29) is 38.5 Å². The Kier molecular flexibility index (Phi) is 7.17. The summed E-state index contributed by atoms with van der Waals surface area (Å²) in [6.07, 6.45) is 0.545. The number of rotatable bonds is 9. The van der Waals surface area contributed by atoms with Crippen molar-refractivity contribution in [1.82, 2.24) is 10.1 Å². The zero-order valence-corrected chi connectivity index (χ0v) is 17.4. The molecule has 1 saturated heterocycles. The summed E-state index contributed by atoms with van der Waals surface area (Å²) in [5.41, 5.74) is 4.42. The Morgan fingerprint density at radius 1 is 1.33 bits per heavy atom. The highest BCUT2D eigenvalue weighted by molar-refractivity contribution is 6.30. The van der Waals surface area contributed by atoms with E-state index in [1.54, 1.807) is 35.2 Å². The number of carbonyl (C=O) groups is 2. The van der Waals surface area contributed by atoms with Gasteiger partial charge in [0.1, 0.15) is 23.7 Å². The van der Waals surface area contributed by atoms with Gasteiger partial charge < -0.3 is 29.4 Å². The van der Waals surface area contributed by atoms with Gasteiger partial charge in [0.2, 0.25) is 11.8 Å². The van der Waals surface area contributed by atoms with E-state index in [0.717, 1.165) is 0 Å². The first-order valence-corrected chi connectivity index (χ1v) is 9.85. The molecule has 2 N–H and O–H groups in total. The normalized spacial score (nSPS) is 18.8. The zero-order valence-electron chi connectivity index (χ0n) is 16.6. The second-order valence-electron chi connectivity index (χ2n) is 7.07. The smallest absolute Gasteiger partial charge is 0.254 e. The average molecular weight is 438 g/mol. The summed E-state index contributed by atoms with van der Waals surface area (Å²) >= 11 is 5.89. The van der Waals surface area contributed by atoms with Crippen molar-refractivity contribution in [2.45, 2.75) is 24.9 Å². The lowest BCUT2D eigenvalue weighted by molar-refractivity contribution is -0.161. The van der Waals surface area contributed by atoms with Crippen LogP contribution in [0.5, 0.6) is 11.6 Å². The second kappa shape index (κ2) is 9.82. The molecule has 1 aromatic heterocycles. The average Bonchev–Trinajstić information content (AvgIpc) is 3.19. The van der Waals surface area contributed by atoms with Gasteiger partial charge in [-0.3, -0.25) is 9.59 Å². The summed E-state index contributed by atoms with van der Waals surface area (Å²) in [7, 11) is 1.49. The largest absolute Gasteiger partial charge is 0.490 e. The van der Waals surface area contributed by atoms with Crippen molar-refractivity contribution in [2.75, 3.05) is 33.4 Å². The number of morpholine rings is 1. The molecule has 0 unspecified atom stereocenters. The molecule has 1 atom stereocenters. The molecule has 0 bridgehead atoms. The lowest BCUT2D eigenvalue weighted by Gasteiger charge is -2.42. The Hall–Kier alpha value is -2.78. The van der Waals surface area contributed by atoms with Crippen molar-refractivity contribution >= 4 is 23.4 Å². The van der Waals surface area contributed by atoms with E-state index in [9.17, 15) is 9.59 Å². The molecule has 1 fully saturated rings. The molecule has 10 heteroatoms. The van der Waals surface area contributed by atoms with Gasteiger partial charge in [-0.2, -0.15) is 0 Å². The minimum absolute atomic E-state index is 0.0658. The van der Waals surface area contributed by atoms with Crippen molar-refractivity contribution in [2.24, 2.45) is 5.73 Å². The highest BCUT2D eigenvalue weighted by Gasteiger charge is 2.40. The lowest BCUT2D eigenvalue weighted by Crippen LogP contribution is -2.58. The maximum Gasteiger partial charge on any atom is 0.254 e. The van der Waals surface area contributed by atoms with Crippen LogP contribution in [0.3, 0.4) is 0 Å². The summed E-state index contributed by atoms with van der Waals surface area (Å²) in [4.78, 5) is 26.1. The van der Waals surface area contributed by atoms with Gasteiger partial charge in [0.25, 0.3) is 5.88 Å². The molecule has 3 rings (SSSR count). The number of methoxy groups -OCH3 is 1. The number of carbonyl (C=O) groups excluding carboxylic acids is 2. The number of nitrogens with two attached hydrogens (primary N) is 1. The van der Waals surface area contributed by atoms with E-state index in [1.807, 2.05) is 0 Å². The van der Waals surface area contributed by atoms with E-state index in [2.05, 4.69) is 5.16 Å². The van der Waals surface area contributed by atoms with Crippen LogP contribution in [-0.4, -0.2) is 60.9 Å². The van der Waals surface area contributed by atoms with Gasteiger partial charge in [-0.05, 0) is 29.4 Å². The molecule has 1 aliphatic heterocycles. The number of hydrogen-bond donors (Lipinski definition) is 1. The number of benzene rings is 1. The standard InChI is InChI=1S/C20H24ClN3O6/c1-27-18-10-16(30-23-18)6-7-19(26)24-8-9-29-20(12-24,11-17(22)25)13-28-15-4-2-14(21)3-5-15/h2-5,10H,6-9,11-13H2,1H3,(H2,22,25)/t20-/m1/s1. The number of amides is 2. The van der Waals surface area contributed by atoms with Gasteiger partial charge in [-0.25, -0.2) is 0 Å². The van der Waals surface area contributed by atoms with Crippen LogP contribution in [0.15, 0.2) is 34.9 Å². The monoisotopic (exact) mass is 437 g/mol. The third kappa shape index (κ3) is 5.87. The minimum Gasteiger partial charge on any atom is -0.490 e. The fraction of sp³-hybridized carbons (Fsp3) is 0.450. The summed E-state index contributed by atoms with van der Waals surface area (Å²) in [5.74, 6) is 0.882. The van der Waals surface area contributed by atoms with Crippen LogP contribution in [0.4, 0.5) is 0 Å². The summed E-state index contributed by atoms with van der Waals surface area (Å²) in [6, 6.07) is 8.49. The minimum atomic E-state index is -1.02. The molecule has 9 nitrogen and oxygen atoms in total. The highest BCUT2D eigenvalue weighted by Crippen LogP contribution is 2.25. The quantitative estimate of drug-likeness (QED) is 0.635. The highest BCUT2D eigenvalue weighted by atomic mass is 35.5. The molecule has 162 valence electrons. The molecule has 2 heterocycles. The van der Waals surface area contributed by atoms with Gasteiger partial charge in [0, 0.05) is 30.5 Å². The van der Waals surface area contributed by atoms with E-state index >= 15 is 0 Å². The first-order valence-electron chi connectivity index (χ1n) is 9.47. The fourth-order valence-corrected chi connectivity index (χ4v) is 3.39. The molecule has 0 radical (unpaired) electrons. The number of primary amides is 1. The lowest BCUT2D eigenvalue weighted by atomic mass is 9.97. The molecule has 0 spiro atoms. The predicted octanol–water partition coefficient (Wildman–Crippen LogP) is 1.82. The van der Waals surface area contributed by atoms with Crippen LogP contribution >= 0.6 is 11.6 Å².